The van der Waals surface area contributed by atoms with Crippen LogP contribution in [0, 0.1) is 6.92 Å². The molecule has 0 atom stereocenters. The number of methoxy groups -OCH3 is 2. The van der Waals surface area contributed by atoms with Crippen LogP contribution in [0.4, 0.5) is 0 Å². The lowest BCUT2D eigenvalue weighted by atomic mass is 9.90. The lowest BCUT2D eigenvalue weighted by molar-refractivity contribution is -0.133. The van der Waals surface area contributed by atoms with Crippen LogP contribution >= 0.6 is 11.3 Å². The highest BCUT2D eigenvalue weighted by molar-refractivity contribution is 7.18. The Balaban J connectivity index is 2.55. The SMILES string of the molecule is CCC(C)(C)c1nc2sc(/C(=C\OC)C(=O)OC)c(C)n2n1. The maximum atomic E-state index is 11.9. The monoisotopic (exact) mass is 323 g/mol. The molecule has 0 fully saturated rings. The molecule has 0 saturated carbocycles. The molecule has 2 heterocycles. The van der Waals surface area contributed by atoms with Crippen molar-refractivity contribution in [3.05, 3.63) is 22.7 Å². The first-order valence-electron chi connectivity index (χ1n) is 7.04. The zero-order chi connectivity index (χ0) is 16.5. The highest BCUT2D eigenvalue weighted by atomic mass is 32.1. The molecule has 2 aromatic rings. The largest absolute Gasteiger partial charge is 0.503 e. The molecule has 22 heavy (non-hydrogen) atoms. The number of hydrogen-bond acceptors (Lipinski definition) is 6. The van der Waals surface area contributed by atoms with Crippen LogP contribution in [0.15, 0.2) is 6.26 Å². The van der Waals surface area contributed by atoms with Gasteiger partial charge in [-0.1, -0.05) is 32.1 Å². The molecule has 120 valence electrons. The summed E-state index contributed by atoms with van der Waals surface area (Å²) in [6.45, 7) is 8.26. The number of carbonyl (C=O) groups is 1. The molecule has 0 amide bonds. The molecule has 2 aromatic heterocycles. The van der Waals surface area contributed by atoms with E-state index in [1.807, 2.05) is 6.92 Å². The first-order valence-corrected chi connectivity index (χ1v) is 7.85. The number of esters is 1. The van der Waals surface area contributed by atoms with E-state index in [-0.39, 0.29) is 5.41 Å². The fraction of sp³-hybridized carbons (Fsp3) is 0.533. The lowest BCUT2D eigenvalue weighted by Gasteiger charge is -2.17. The molecule has 0 N–H and O–H groups in total. The summed E-state index contributed by atoms with van der Waals surface area (Å²) >= 11 is 1.40. The molecule has 2 rings (SSSR count). The maximum absolute atomic E-state index is 11.9. The van der Waals surface area contributed by atoms with Crippen molar-refractivity contribution in [2.24, 2.45) is 0 Å². The van der Waals surface area contributed by atoms with Gasteiger partial charge in [-0.3, -0.25) is 0 Å². The Morgan fingerprint density at radius 2 is 2.09 bits per heavy atom. The van der Waals surface area contributed by atoms with Crippen LogP contribution in [0.2, 0.25) is 0 Å². The van der Waals surface area contributed by atoms with Crippen LogP contribution in [0.25, 0.3) is 10.5 Å². The second-order valence-corrected chi connectivity index (χ2v) is 6.62. The Bertz CT molecular complexity index is 728. The molecule has 0 aliphatic heterocycles. The predicted octanol–water partition coefficient (Wildman–Crippen LogP) is 2.95. The fourth-order valence-corrected chi connectivity index (χ4v) is 3.01. The zero-order valence-electron chi connectivity index (χ0n) is 13.8. The van der Waals surface area contributed by atoms with Crippen molar-refractivity contribution in [1.29, 1.82) is 0 Å². The van der Waals surface area contributed by atoms with E-state index in [1.165, 1.54) is 31.8 Å². The molecule has 0 unspecified atom stereocenters. The standard InChI is InChI=1S/C15H21N3O3S/c1-7-15(3,4)13-16-14-18(17-13)9(2)11(22-14)10(8-20-5)12(19)21-6/h8H,7H2,1-6H3/b10-8+. The number of carbonyl (C=O) groups excluding carboxylic acids is 1. The number of rotatable bonds is 5. The van der Waals surface area contributed by atoms with Gasteiger partial charge in [0.15, 0.2) is 5.82 Å². The van der Waals surface area contributed by atoms with Crippen molar-refractivity contribution in [3.8, 4) is 0 Å². The van der Waals surface area contributed by atoms with Gasteiger partial charge in [0, 0.05) is 5.41 Å². The van der Waals surface area contributed by atoms with Gasteiger partial charge in [-0.15, -0.1) is 5.10 Å². The molecule has 0 saturated heterocycles. The van der Waals surface area contributed by atoms with Crippen molar-refractivity contribution in [2.45, 2.75) is 39.5 Å². The van der Waals surface area contributed by atoms with Gasteiger partial charge in [0.2, 0.25) is 4.96 Å². The number of nitrogens with zero attached hydrogens (tertiary/aromatic N) is 3. The van der Waals surface area contributed by atoms with Gasteiger partial charge in [-0.2, -0.15) is 0 Å². The minimum Gasteiger partial charge on any atom is -0.503 e. The van der Waals surface area contributed by atoms with E-state index in [2.05, 4.69) is 30.9 Å². The van der Waals surface area contributed by atoms with Crippen LogP contribution in [-0.2, 0) is 19.7 Å². The Morgan fingerprint density at radius 1 is 1.41 bits per heavy atom. The van der Waals surface area contributed by atoms with E-state index >= 15 is 0 Å². The van der Waals surface area contributed by atoms with Gasteiger partial charge < -0.3 is 9.47 Å². The topological polar surface area (TPSA) is 65.7 Å². The summed E-state index contributed by atoms with van der Waals surface area (Å²) in [4.78, 5) is 18.0. The average Bonchev–Trinajstić information content (AvgIpc) is 3.05. The summed E-state index contributed by atoms with van der Waals surface area (Å²) in [5, 5.41) is 4.60. The van der Waals surface area contributed by atoms with Crippen LogP contribution in [-0.4, -0.2) is 34.8 Å². The van der Waals surface area contributed by atoms with Crippen molar-refractivity contribution >= 4 is 27.8 Å². The molecule has 6 nitrogen and oxygen atoms in total. The molecule has 0 aliphatic carbocycles. The molecule has 0 aromatic carbocycles. The highest BCUT2D eigenvalue weighted by Gasteiger charge is 2.27. The minimum atomic E-state index is -0.441. The summed E-state index contributed by atoms with van der Waals surface area (Å²) in [7, 11) is 2.84. The predicted molar refractivity (Wildman–Crippen MR) is 85.9 cm³/mol. The van der Waals surface area contributed by atoms with Gasteiger partial charge in [0.1, 0.15) is 5.57 Å². The Morgan fingerprint density at radius 3 is 2.59 bits per heavy atom. The third-order valence-electron chi connectivity index (χ3n) is 3.79. The molecule has 0 spiro atoms. The van der Waals surface area contributed by atoms with Gasteiger partial charge in [-0.25, -0.2) is 14.3 Å². The van der Waals surface area contributed by atoms with E-state index in [9.17, 15) is 4.79 Å². The van der Waals surface area contributed by atoms with Gasteiger partial charge in [-0.05, 0) is 13.3 Å². The summed E-state index contributed by atoms with van der Waals surface area (Å²) < 4.78 is 11.6. The third-order valence-corrected chi connectivity index (χ3v) is 4.96. The number of aryl methyl sites for hydroxylation is 1. The Kier molecular flexibility index (Phi) is 4.55. The first kappa shape index (κ1) is 16.5. The van der Waals surface area contributed by atoms with Gasteiger partial charge >= 0.3 is 5.97 Å². The van der Waals surface area contributed by atoms with Crippen molar-refractivity contribution < 1.29 is 14.3 Å². The Hall–Kier alpha value is -1.89. The van der Waals surface area contributed by atoms with E-state index in [1.54, 1.807) is 4.52 Å². The number of ether oxygens (including phenoxy) is 2. The molecular formula is C15H21N3O3S. The average molecular weight is 323 g/mol. The summed E-state index contributed by atoms with van der Waals surface area (Å²) in [5.74, 6) is 0.370. The number of fused-ring (bicyclic) bond motifs is 1. The van der Waals surface area contributed by atoms with E-state index in [0.717, 1.165) is 27.8 Å². The molecule has 7 heteroatoms. The highest BCUT2D eigenvalue weighted by Crippen LogP contribution is 2.32. The molecular weight excluding hydrogens is 302 g/mol. The van der Waals surface area contributed by atoms with Gasteiger partial charge in [0.25, 0.3) is 0 Å². The van der Waals surface area contributed by atoms with Crippen LogP contribution < -0.4 is 0 Å². The van der Waals surface area contributed by atoms with Crippen molar-refractivity contribution in [1.82, 2.24) is 14.6 Å². The zero-order valence-corrected chi connectivity index (χ0v) is 14.6. The molecule has 0 bridgehead atoms. The second-order valence-electron chi connectivity index (χ2n) is 5.64. The number of thiazole rings is 1. The lowest BCUT2D eigenvalue weighted by Crippen LogP contribution is -2.17. The fourth-order valence-electron chi connectivity index (χ4n) is 1.96. The van der Waals surface area contributed by atoms with Crippen LogP contribution in [0.5, 0.6) is 0 Å². The van der Waals surface area contributed by atoms with Crippen LogP contribution in [0.3, 0.4) is 0 Å². The van der Waals surface area contributed by atoms with Crippen LogP contribution in [0.1, 0.15) is 43.6 Å². The van der Waals surface area contributed by atoms with Gasteiger partial charge in [0.05, 0.1) is 31.1 Å². The second kappa shape index (κ2) is 6.08. The minimum absolute atomic E-state index is 0.0775. The van der Waals surface area contributed by atoms with E-state index in [4.69, 9.17) is 9.47 Å². The molecule has 0 radical (unpaired) electrons. The maximum Gasteiger partial charge on any atom is 0.342 e. The summed E-state index contributed by atoms with van der Waals surface area (Å²) in [6.07, 6.45) is 2.34. The number of aromatic nitrogens is 3. The quantitative estimate of drug-likeness (QED) is 0.481. The first-order chi connectivity index (χ1) is 10.4. The van der Waals surface area contributed by atoms with E-state index in [0.29, 0.717) is 5.57 Å². The summed E-state index contributed by atoms with van der Waals surface area (Å²) in [6, 6.07) is 0. The summed E-state index contributed by atoms with van der Waals surface area (Å²) in [5.41, 5.74) is 1.14. The van der Waals surface area contributed by atoms with E-state index < -0.39 is 5.97 Å². The normalized spacial score (nSPS) is 12.7. The van der Waals surface area contributed by atoms with Crippen molar-refractivity contribution in [3.63, 3.8) is 0 Å². The number of hydrogen-bond donors (Lipinski definition) is 0. The third kappa shape index (κ3) is 2.72. The Labute approximate surface area is 133 Å². The smallest absolute Gasteiger partial charge is 0.342 e. The molecule has 0 aliphatic rings. The van der Waals surface area contributed by atoms with Crippen molar-refractivity contribution in [2.75, 3.05) is 14.2 Å².